The van der Waals surface area contributed by atoms with Gasteiger partial charge in [-0.2, -0.15) is 0 Å². The molecule has 2 atom stereocenters. The van der Waals surface area contributed by atoms with Crippen LogP contribution < -0.4 is 14.8 Å². The Labute approximate surface area is 108 Å². The number of benzene rings is 1. The molecular formula is C14H21NO3. The molecule has 1 aromatic rings. The number of hydrogen-bond acceptors (Lipinski definition) is 4. The molecular weight excluding hydrogens is 230 g/mol. The first kappa shape index (κ1) is 13.2. The van der Waals surface area contributed by atoms with Gasteiger partial charge in [0, 0.05) is 24.2 Å². The van der Waals surface area contributed by atoms with Gasteiger partial charge in [0.1, 0.15) is 11.5 Å². The molecule has 4 nitrogen and oxygen atoms in total. The Morgan fingerprint density at radius 2 is 2.00 bits per heavy atom. The molecule has 0 radical (unpaired) electrons. The minimum absolute atomic E-state index is 0.0355. The van der Waals surface area contributed by atoms with Gasteiger partial charge in [-0.3, -0.25) is 0 Å². The summed E-state index contributed by atoms with van der Waals surface area (Å²) >= 11 is 0. The van der Waals surface area contributed by atoms with Crippen molar-refractivity contribution in [2.45, 2.75) is 26.1 Å². The lowest BCUT2D eigenvalue weighted by molar-refractivity contribution is -0.0297. The van der Waals surface area contributed by atoms with Crippen LogP contribution in [0.25, 0.3) is 0 Å². The molecule has 0 aromatic heterocycles. The van der Waals surface area contributed by atoms with Gasteiger partial charge in [0.15, 0.2) is 0 Å². The second-order valence-electron chi connectivity index (χ2n) is 4.61. The summed E-state index contributed by atoms with van der Waals surface area (Å²) in [5, 5.41) is 3.37. The van der Waals surface area contributed by atoms with Crippen molar-refractivity contribution in [3.8, 4) is 11.5 Å². The molecule has 1 N–H and O–H groups in total. The van der Waals surface area contributed by atoms with Crippen LogP contribution in [-0.2, 0) is 4.74 Å². The maximum absolute atomic E-state index is 5.96. The predicted molar refractivity (Wildman–Crippen MR) is 70.4 cm³/mol. The monoisotopic (exact) mass is 251 g/mol. The largest absolute Gasteiger partial charge is 0.496 e. The number of nitrogens with one attached hydrogen (secondary N) is 1. The normalized spacial score (nSPS) is 23.8. The maximum atomic E-state index is 5.96. The number of methoxy groups -OCH3 is 2. The molecule has 0 spiro atoms. The van der Waals surface area contributed by atoms with E-state index in [-0.39, 0.29) is 12.2 Å². The molecule has 4 heteroatoms. The van der Waals surface area contributed by atoms with Crippen molar-refractivity contribution in [1.29, 1.82) is 0 Å². The van der Waals surface area contributed by atoms with E-state index in [9.17, 15) is 0 Å². The Morgan fingerprint density at radius 1 is 1.22 bits per heavy atom. The van der Waals surface area contributed by atoms with E-state index in [4.69, 9.17) is 14.2 Å². The Morgan fingerprint density at radius 3 is 2.61 bits per heavy atom. The molecule has 1 heterocycles. The van der Waals surface area contributed by atoms with E-state index >= 15 is 0 Å². The highest BCUT2D eigenvalue weighted by Crippen LogP contribution is 2.36. The van der Waals surface area contributed by atoms with E-state index in [0.29, 0.717) is 0 Å². The first-order valence-electron chi connectivity index (χ1n) is 6.25. The lowest BCUT2D eigenvalue weighted by Gasteiger charge is -2.30. The Kier molecular flexibility index (Phi) is 4.09. The van der Waals surface area contributed by atoms with E-state index in [1.165, 1.54) is 0 Å². The summed E-state index contributed by atoms with van der Waals surface area (Å²) in [6.07, 6.45) is 0.254. The molecule has 0 amide bonds. The molecule has 100 valence electrons. The quantitative estimate of drug-likeness (QED) is 0.892. The van der Waals surface area contributed by atoms with Crippen molar-refractivity contribution in [1.82, 2.24) is 5.32 Å². The fraction of sp³-hybridized carbons (Fsp3) is 0.571. The lowest BCUT2D eigenvalue weighted by Crippen LogP contribution is -2.39. The molecule has 2 rings (SSSR count). The van der Waals surface area contributed by atoms with Gasteiger partial charge in [-0.1, -0.05) is 0 Å². The van der Waals surface area contributed by atoms with E-state index in [0.717, 1.165) is 35.7 Å². The highest BCUT2D eigenvalue weighted by molar-refractivity contribution is 5.50. The Bertz CT molecular complexity index is 420. The average Bonchev–Trinajstić information content (AvgIpc) is 2.38. The third-order valence-corrected chi connectivity index (χ3v) is 3.32. The SMILES string of the molecule is COc1ccc(C2CNCC(C)O2)c(OC)c1C. The van der Waals surface area contributed by atoms with Crippen LogP contribution >= 0.6 is 0 Å². The van der Waals surface area contributed by atoms with Gasteiger partial charge < -0.3 is 19.5 Å². The van der Waals surface area contributed by atoms with Crippen LogP contribution in [0.5, 0.6) is 11.5 Å². The summed E-state index contributed by atoms with van der Waals surface area (Å²) in [4.78, 5) is 0. The lowest BCUT2D eigenvalue weighted by atomic mass is 10.0. The minimum atomic E-state index is 0.0355. The predicted octanol–water partition coefficient (Wildman–Crippen LogP) is 2.06. The molecule has 1 aromatic carbocycles. The number of rotatable bonds is 3. The topological polar surface area (TPSA) is 39.7 Å². The first-order chi connectivity index (χ1) is 8.67. The molecule has 1 fully saturated rings. The molecule has 2 unspecified atom stereocenters. The van der Waals surface area contributed by atoms with E-state index in [1.807, 2.05) is 19.1 Å². The van der Waals surface area contributed by atoms with Crippen LogP contribution in [0.2, 0.25) is 0 Å². The number of ether oxygens (including phenoxy) is 3. The molecule has 1 aliphatic rings. The zero-order valence-corrected chi connectivity index (χ0v) is 11.4. The number of hydrogen-bond donors (Lipinski definition) is 1. The highest BCUT2D eigenvalue weighted by Gasteiger charge is 2.24. The summed E-state index contributed by atoms with van der Waals surface area (Å²) in [5.41, 5.74) is 2.09. The molecule has 0 saturated carbocycles. The van der Waals surface area contributed by atoms with Crippen LogP contribution in [-0.4, -0.2) is 33.4 Å². The van der Waals surface area contributed by atoms with Crippen molar-refractivity contribution < 1.29 is 14.2 Å². The zero-order valence-electron chi connectivity index (χ0n) is 11.4. The Balaban J connectivity index is 2.35. The molecule has 18 heavy (non-hydrogen) atoms. The van der Waals surface area contributed by atoms with Crippen LogP contribution in [0, 0.1) is 6.92 Å². The van der Waals surface area contributed by atoms with E-state index in [2.05, 4.69) is 12.2 Å². The smallest absolute Gasteiger partial charge is 0.131 e. The van der Waals surface area contributed by atoms with E-state index < -0.39 is 0 Å². The first-order valence-corrected chi connectivity index (χ1v) is 6.25. The molecule has 1 saturated heterocycles. The van der Waals surface area contributed by atoms with Crippen LogP contribution in [0.3, 0.4) is 0 Å². The Hall–Kier alpha value is -1.26. The fourth-order valence-corrected chi connectivity index (χ4v) is 2.42. The van der Waals surface area contributed by atoms with Crippen molar-refractivity contribution in [2.24, 2.45) is 0 Å². The maximum Gasteiger partial charge on any atom is 0.131 e. The third-order valence-electron chi connectivity index (χ3n) is 3.32. The zero-order chi connectivity index (χ0) is 13.1. The minimum Gasteiger partial charge on any atom is -0.496 e. The average molecular weight is 251 g/mol. The van der Waals surface area contributed by atoms with Crippen LogP contribution in [0.15, 0.2) is 12.1 Å². The van der Waals surface area contributed by atoms with Gasteiger partial charge in [-0.15, -0.1) is 0 Å². The molecule has 0 bridgehead atoms. The summed E-state index contributed by atoms with van der Waals surface area (Å²) in [5.74, 6) is 1.70. The standard InChI is InChI=1S/C14H21NO3/c1-9-7-15-8-13(18-9)11-5-6-12(16-3)10(2)14(11)17-4/h5-6,9,13,15H,7-8H2,1-4H3. The van der Waals surface area contributed by atoms with Gasteiger partial charge in [0.2, 0.25) is 0 Å². The fourth-order valence-electron chi connectivity index (χ4n) is 2.42. The van der Waals surface area contributed by atoms with Gasteiger partial charge >= 0.3 is 0 Å². The second kappa shape index (κ2) is 5.59. The van der Waals surface area contributed by atoms with Crippen molar-refractivity contribution in [2.75, 3.05) is 27.3 Å². The van der Waals surface area contributed by atoms with Crippen molar-refractivity contribution in [3.05, 3.63) is 23.3 Å². The van der Waals surface area contributed by atoms with Crippen molar-refractivity contribution in [3.63, 3.8) is 0 Å². The summed E-state index contributed by atoms with van der Waals surface area (Å²) in [7, 11) is 3.35. The summed E-state index contributed by atoms with van der Waals surface area (Å²) < 4.78 is 16.8. The van der Waals surface area contributed by atoms with Gasteiger partial charge in [-0.05, 0) is 26.0 Å². The summed E-state index contributed by atoms with van der Waals surface area (Å²) in [6, 6.07) is 3.99. The van der Waals surface area contributed by atoms with Gasteiger partial charge in [0.05, 0.1) is 26.4 Å². The van der Waals surface area contributed by atoms with E-state index in [1.54, 1.807) is 14.2 Å². The van der Waals surface area contributed by atoms with Crippen LogP contribution in [0.1, 0.15) is 24.2 Å². The van der Waals surface area contributed by atoms with Gasteiger partial charge in [0.25, 0.3) is 0 Å². The highest BCUT2D eigenvalue weighted by atomic mass is 16.5. The second-order valence-corrected chi connectivity index (χ2v) is 4.61. The van der Waals surface area contributed by atoms with Crippen LogP contribution in [0.4, 0.5) is 0 Å². The third kappa shape index (κ3) is 2.44. The summed E-state index contributed by atoms with van der Waals surface area (Å²) in [6.45, 7) is 5.78. The molecule has 1 aliphatic heterocycles. The number of morpholine rings is 1. The van der Waals surface area contributed by atoms with Gasteiger partial charge in [-0.25, -0.2) is 0 Å². The molecule has 0 aliphatic carbocycles. The van der Waals surface area contributed by atoms with Crippen molar-refractivity contribution >= 4 is 0 Å².